The molecule has 1 aliphatic rings. The standard InChI is InChI=1S/C31H38F3N3O4/c1-36(2)26-19-35-25-7-6-21(41-3)17-22(25)29(26)27(38)8-9-31(18-28(39)40)10-13-37(14-11-31)12-4-5-20-15-23(32)30(34)24(33)16-20/h6-7,15-17,19,27,38H,4-5,8-14,18H2,1-3H3,(H,39,40)/t27-/m1/s1. The minimum atomic E-state index is -1.46. The predicted octanol–water partition coefficient (Wildman–Crippen LogP) is 5.73. The minimum absolute atomic E-state index is 0.0210. The lowest BCUT2D eigenvalue weighted by molar-refractivity contribution is -0.141. The largest absolute Gasteiger partial charge is 0.497 e. The highest BCUT2D eigenvalue weighted by atomic mass is 19.2. The Kier molecular flexibility index (Phi) is 9.76. The number of benzene rings is 2. The van der Waals surface area contributed by atoms with Crippen molar-refractivity contribution in [2.24, 2.45) is 5.41 Å². The van der Waals surface area contributed by atoms with E-state index in [1.807, 2.05) is 37.2 Å². The van der Waals surface area contributed by atoms with Crippen molar-refractivity contribution >= 4 is 22.6 Å². The lowest BCUT2D eigenvalue weighted by atomic mass is 9.71. The van der Waals surface area contributed by atoms with E-state index in [9.17, 15) is 28.2 Å². The Bertz CT molecular complexity index is 1350. The SMILES string of the molecule is COc1ccc2ncc(N(C)C)c([C@H](O)CCC3(CC(=O)O)CCN(CCCc4cc(F)c(F)c(F)c4)CC3)c2c1. The summed E-state index contributed by atoms with van der Waals surface area (Å²) < 4.78 is 45.7. The Morgan fingerprint density at radius 1 is 1.15 bits per heavy atom. The van der Waals surface area contributed by atoms with Gasteiger partial charge in [-0.3, -0.25) is 9.78 Å². The Balaban J connectivity index is 1.42. The minimum Gasteiger partial charge on any atom is -0.497 e. The average Bonchev–Trinajstić information content (AvgIpc) is 2.94. The maximum absolute atomic E-state index is 13.5. The highest BCUT2D eigenvalue weighted by molar-refractivity contribution is 5.88. The number of piperidine rings is 1. The number of aliphatic hydroxyl groups excluding tert-OH is 1. The van der Waals surface area contributed by atoms with Gasteiger partial charge >= 0.3 is 5.97 Å². The molecule has 0 bridgehead atoms. The van der Waals surface area contributed by atoms with Crippen molar-refractivity contribution in [3.8, 4) is 5.75 Å². The molecule has 1 atom stereocenters. The fourth-order valence-corrected chi connectivity index (χ4v) is 5.95. The number of aliphatic carboxylic acids is 1. The number of likely N-dealkylation sites (tertiary alicyclic amines) is 1. The zero-order valence-electron chi connectivity index (χ0n) is 23.8. The monoisotopic (exact) mass is 573 g/mol. The zero-order chi connectivity index (χ0) is 29.7. The summed E-state index contributed by atoms with van der Waals surface area (Å²) in [6, 6.07) is 7.61. The molecule has 0 unspecified atom stereocenters. The second-order valence-electron chi connectivity index (χ2n) is 11.3. The van der Waals surface area contributed by atoms with Gasteiger partial charge in [-0.1, -0.05) is 0 Å². The van der Waals surface area contributed by atoms with Gasteiger partial charge in [0, 0.05) is 25.0 Å². The van der Waals surface area contributed by atoms with Crippen molar-refractivity contribution in [3.05, 3.63) is 65.1 Å². The Morgan fingerprint density at radius 2 is 1.83 bits per heavy atom. The van der Waals surface area contributed by atoms with Crippen LogP contribution in [0.1, 0.15) is 55.8 Å². The first kappa shape index (κ1) is 30.6. The molecule has 1 aromatic heterocycles. The second kappa shape index (κ2) is 13.1. The summed E-state index contributed by atoms with van der Waals surface area (Å²) in [4.78, 5) is 20.5. The van der Waals surface area contributed by atoms with Crippen molar-refractivity contribution in [3.63, 3.8) is 0 Å². The van der Waals surface area contributed by atoms with Gasteiger partial charge < -0.3 is 24.7 Å². The van der Waals surface area contributed by atoms with E-state index in [0.29, 0.717) is 69.5 Å². The number of hydrogen-bond donors (Lipinski definition) is 2. The van der Waals surface area contributed by atoms with Gasteiger partial charge in [-0.05, 0) is 99.5 Å². The third-order valence-electron chi connectivity index (χ3n) is 8.29. The highest BCUT2D eigenvalue weighted by Gasteiger charge is 2.37. The van der Waals surface area contributed by atoms with Crippen LogP contribution in [-0.4, -0.2) is 66.9 Å². The van der Waals surface area contributed by atoms with Crippen LogP contribution in [0.2, 0.25) is 0 Å². The van der Waals surface area contributed by atoms with Gasteiger partial charge in [-0.15, -0.1) is 0 Å². The number of aromatic nitrogens is 1. The molecule has 10 heteroatoms. The molecule has 0 saturated carbocycles. The van der Waals surface area contributed by atoms with Gasteiger partial charge in [-0.25, -0.2) is 13.2 Å². The molecule has 2 heterocycles. The number of rotatable bonds is 12. The molecule has 1 aliphatic heterocycles. The molecule has 41 heavy (non-hydrogen) atoms. The molecule has 1 saturated heterocycles. The Morgan fingerprint density at radius 3 is 2.44 bits per heavy atom. The molecule has 3 aromatic rings. The summed E-state index contributed by atoms with van der Waals surface area (Å²) in [5, 5.41) is 22.0. The van der Waals surface area contributed by atoms with Gasteiger partial charge in [0.2, 0.25) is 0 Å². The fourth-order valence-electron chi connectivity index (χ4n) is 5.95. The molecule has 2 aromatic carbocycles. The smallest absolute Gasteiger partial charge is 0.303 e. The molecule has 4 rings (SSSR count). The number of hydrogen-bond acceptors (Lipinski definition) is 6. The predicted molar refractivity (Wildman–Crippen MR) is 152 cm³/mol. The van der Waals surface area contributed by atoms with Crippen LogP contribution in [0.3, 0.4) is 0 Å². The molecule has 1 fully saturated rings. The number of pyridine rings is 1. The number of methoxy groups -OCH3 is 1. The zero-order valence-corrected chi connectivity index (χ0v) is 23.8. The van der Waals surface area contributed by atoms with Crippen LogP contribution >= 0.6 is 0 Å². The van der Waals surface area contributed by atoms with E-state index in [0.717, 1.165) is 34.3 Å². The van der Waals surface area contributed by atoms with Crippen LogP contribution in [0.5, 0.6) is 5.75 Å². The van der Waals surface area contributed by atoms with Gasteiger partial charge in [0.25, 0.3) is 0 Å². The van der Waals surface area contributed by atoms with Crippen LogP contribution in [0.15, 0.2) is 36.5 Å². The van der Waals surface area contributed by atoms with E-state index >= 15 is 0 Å². The first-order chi connectivity index (χ1) is 19.5. The summed E-state index contributed by atoms with van der Waals surface area (Å²) in [6.45, 7) is 2.06. The van der Waals surface area contributed by atoms with Crippen molar-refractivity contribution < 1.29 is 32.9 Å². The quantitative estimate of drug-likeness (QED) is 0.268. The summed E-state index contributed by atoms with van der Waals surface area (Å²) >= 11 is 0. The molecule has 2 N–H and O–H groups in total. The number of carboxylic acids is 1. The molecule has 0 aliphatic carbocycles. The van der Waals surface area contributed by atoms with Crippen LogP contribution in [0.4, 0.5) is 18.9 Å². The summed E-state index contributed by atoms with van der Waals surface area (Å²) in [5.74, 6) is -4.03. The molecule has 0 radical (unpaired) electrons. The van der Waals surface area contributed by atoms with E-state index < -0.39 is 34.9 Å². The number of fused-ring (bicyclic) bond motifs is 1. The molecule has 222 valence electrons. The Labute approximate surface area is 238 Å². The number of aliphatic hydroxyl groups is 1. The van der Waals surface area contributed by atoms with Crippen LogP contribution in [0.25, 0.3) is 10.9 Å². The van der Waals surface area contributed by atoms with Crippen molar-refractivity contribution in [2.45, 2.75) is 51.0 Å². The molecular formula is C31H38F3N3O4. The van der Waals surface area contributed by atoms with Crippen molar-refractivity contribution in [1.29, 1.82) is 0 Å². The maximum atomic E-state index is 13.5. The molecular weight excluding hydrogens is 535 g/mol. The normalized spacial score (nSPS) is 16.1. The Hall–Kier alpha value is -3.37. The van der Waals surface area contributed by atoms with Crippen molar-refractivity contribution in [1.82, 2.24) is 9.88 Å². The van der Waals surface area contributed by atoms with Gasteiger partial charge in [-0.2, -0.15) is 0 Å². The average molecular weight is 574 g/mol. The summed E-state index contributed by atoms with van der Waals surface area (Å²) in [7, 11) is 5.37. The van der Waals surface area contributed by atoms with E-state index in [1.165, 1.54) is 0 Å². The van der Waals surface area contributed by atoms with Crippen LogP contribution in [0, 0.1) is 22.9 Å². The molecule has 0 spiro atoms. The van der Waals surface area contributed by atoms with E-state index in [2.05, 4.69) is 9.88 Å². The lowest BCUT2D eigenvalue weighted by Gasteiger charge is -2.42. The number of ether oxygens (including phenoxy) is 1. The summed E-state index contributed by atoms with van der Waals surface area (Å²) in [6.07, 6.45) is 4.26. The number of nitrogens with zero attached hydrogens (tertiary/aromatic N) is 3. The van der Waals surface area contributed by atoms with Crippen LogP contribution < -0.4 is 9.64 Å². The third-order valence-corrected chi connectivity index (χ3v) is 8.29. The van der Waals surface area contributed by atoms with E-state index in [4.69, 9.17) is 4.74 Å². The second-order valence-corrected chi connectivity index (χ2v) is 11.3. The first-order valence-electron chi connectivity index (χ1n) is 13.9. The van der Waals surface area contributed by atoms with Gasteiger partial charge in [0.1, 0.15) is 5.75 Å². The molecule has 0 amide bonds. The number of halogens is 3. The van der Waals surface area contributed by atoms with Gasteiger partial charge in [0.15, 0.2) is 17.5 Å². The molecule has 7 nitrogen and oxygen atoms in total. The maximum Gasteiger partial charge on any atom is 0.303 e. The number of carbonyl (C=O) groups is 1. The summed E-state index contributed by atoms with van der Waals surface area (Å²) in [5.41, 5.74) is 2.23. The topological polar surface area (TPSA) is 86.1 Å². The lowest BCUT2D eigenvalue weighted by Crippen LogP contribution is -2.41. The number of anilines is 1. The van der Waals surface area contributed by atoms with Gasteiger partial charge in [0.05, 0.1) is 37.0 Å². The number of carboxylic acid groups (broad SMARTS) is 1. The third kappa shape index (κ3) is 7.29. The van der Waals surface area contributed by atoms with E-state index in [1.54, 1.807) is 13.3 Å². The van der Waals surface area contributed by atoms with E-state index in [-0.39, 0.29) is 6.42 Å². The van der Waals surface area contributed by atoms with Crippen molar-refractivity contribution in [2.75, 3.05) is 45.7 Å². The highest BCUT2D eigenvalue weighted by Crippen LogP contribution is 2.43. The first-order valence-corrected chi connectivity index (χ1v) is 13.9. The fraction of sp³-hybridized carbons (Fsp3) is 0.484. The van der Waals surface area contributed by atoms with Crippen LogP contribution in [-0.2, 0) is 11.2 Å². The number of aryl methyl sites for hydroxylation is 1.